The number of amides is 2. The van der Waals surface area contributed by atoms with Gasteiger partial charge in [0.25, 0.3) is 5.91 Å². The second kappa shape index (κ2) is 9.13. The summed E-state index contributed by atoms with van der Waals surface area (Å²) in [7, 11) is 0. The van der Waals surface area contributed by atoms with Crippen molar-refractivity contribution in [3.63, 3.8) is 0 Å². The third-order valence-electron chi connectivity index (χ3n) is 6.38. The van der Waals surface area contributed by atoms with Crippen LogP contribution in [0.5, 0.6) is 0 Å². The number of nitrogens with one attached hydrogen (secondary N) is 1. The molecule has 0 aliphatic carbocycles. The van der Waals surface area contributed by atoms with Crippen molar-refractivity contribution in [2.24, 2.45) is 0 Å². The maximum absolute atomic E-state index is 12.7. The van der Waals surface area contributed by atoms with Crippen molar-refractivity contribution in [2.45, 2.75) is 32.7 Å². The Labute approximate surface area is 203 Å². The summed E-state index contributed by atoms with van der Waals surface area (Å²) in [6.07, 6.45) is 6.58. The summed E-state index contributed by atoms with van der Waals surface area (Å²) in [4.78, 5) is 40.8. The highest BCUT2D eigenvalue weighted by molar-refractivity contribution is 6.04. The first kappa shape index (κ1) is 22.5. The van der Waals surface area contributed by atoms with Crippen molar-refractivity contribution in [3.8, 4) is 11.3 Å². The van der Waals surface area contributed by atoms with Crippen LogP contribution in [0.4, 0.5) is 5.82 Å². The molecule has 0 bridgehead atoms. The number of rotatable bonds is 5. The molecule has 1 aliphatic heterocycles. The van der Waals surface area contributed by atoms with Gasteiger partial charge in [0.15, 0.2) is 0 Å². The van der Waals surface area contributed by atoms with E-state index in [0.29, 0.717) is 17.9 Å². The molecule has 5 rings (SSSR count). The minimum Gasteiger partial charge on any atom is -0.329 e. The normalized spacial score (nSPS) is 15.4. The van der Waals surface area contributed by atoms with Gasteiger partial charge in [0, 0.05) is 35.8 Å². The van der Waals surface area contributed by atoms with E-state index in [-0.39, 0.29) is 17.9 Å². The molecule has 0 spiro atoms. The first-order chi connectivity index (χ1) is 17.0. The zero-order chi connectivity index (χ0) is 24.5. The Balaban J connectivity index is 1.55. The molecule has 1 N–H and O–H groups in total. The van der Waals surface area contributed by atoms with Crippen molar-refractivity contribution < 1.29 is 9.59 Å². The largest absolute Gasteiger partial charge is 0.329 e. The summed E-state index contributed by atoms with van der Waals surface area (Å²) in [6.45, 7) is 8.30. The van der Waals surface area contributed by atoms with Crippen molar-refractivity contribution in [1.82, 2.24) is 24.3 Å². The van der Waals surface area contributed by atoms with Gasteiger partial charge in [0.1, 0.15) is 11.6 Å². The molecule has 4 aromatic rings. The smallest absolute Gasteiger partial charge is 0.256 e. The Morgan fingerprint density at radius 2 is 1.91 bits per heavy atom. The van der Waals surface area contributed by atoms with Crippen LogP contribution in [0.25, 0.3) is 16.8 Å². The second-order valence-electron chi connectivity index (χ2n) is 8.63. The molecule has 1 atom stereocenters. The number of likely N-dealkylation sites (tertiary alicyclic amines) is 1. The molecule has 1 aromatic carbocycles. The number of anilines is 1. The van der Waals surface area contributed by atoms with Gasteiger partial charge in [-0.05, 0) is 57.0 Å². The van der Waals surface area contributed by atoms with Crippen molar-refractivity contribution >= 4 is 23.1 Å². The predicted octanol–water partition coefficient (Wildman–Crippen LogP) is 4.51. The van der Waals surface area contributed by atoms with E-state index in [0.717, 1.165) is 46.8 Å². The van der Waals surface area contributed by atoms with E-state index >= 15 is 0 Å². The zero-order valence-corrected chi connectivity index (χ0v) is 19.7. The Hall–Kier alpha value is -4.33. The molecule has 1 saturated heterocycles. The van der Waals surface area contributed by atoms with Crippen LogP contribution in [0.15, 0.2) is 67.5 Å². The highest BCUT2D eigenvalue weighted by Gasteiger charge is 2.33. The van der Waals surface area contributed by atoms with Gasteiger partial charge in [-0.25, -0.2) is 9.97 Å². The van der Waals surface area contributed by atoms with Gasteiger partial charge in [-0.15, -0.1) is 0 Å². The molecular formula is C27H26N6O2. The van der Waals surface area contributed by atoms with Gasteiger partial charge in [-0.3, -0.25) is 19.0 Å². The topological polar surface area (TPSA) is 92.5 Å². The van der Waals surface area contributed by atoms with Crippen molar-refractivity contribution in [3.05, 3.63) is 90.3 Å². The molecule has 1 unspecified atom stereocenters. The maximum atomic E-state index is 12.7. The van der Waals surface area contributed by atoms with Gasteiger partial charge < -0.3 is 10.2 Å². The highest BCUT2D eigenvalue weighted by atomic mass is 16.2. The summed E-state index contributed by atoms with van der Waals surface area (Å²) in [5, 5.41) is 2.80. The number of carbonyl (C=O) groups is 2. The van der Waals surface area contributed by atoms with E-state index in [1.165, 1.54) is 6.08 Å². The van der Waals surface area contributed by atoms with E-state index in [1.54, 1.807) is 30.5 Å². The number of hydrogen-bond donors (Lipinski definition) is 1. The first-order valence-corrected chi connectivity index (χ1v) is 11.6. The van der Waals surface area contributed by atoms with E-state index in [2.05, 4.69) is 26.3 Å². The molecule has 35 heavy (non-hydrogen) atoms. The van der Waals surface area contributed by atoms with Gasteiger partial charge in [-0.1, -0.05) is 24.8 Å². The molecule has 4 heterocycles. The molecule has 176 valence electrons. The molecule has 1 fully saturated rings. The Morgan fingerprint density at radius 1 is 1.11 bits per heavy atom. The lowest BCUT2D eigenvalue weighted by Gasteiger charge is -2.23. The third kappa shape index (κ3) is 4.07. The molecule has 2 amide bonds. The number of fused-ring (bicyclic) bond motifs is 1. The molecule has 3 aromatic heterocycles. The minimum absolute atomic E-state index is 0.0856. The first-order valence-electron chi connectivity index (χ1n) is 11.6. The van der Waals surface area contributed by atoms with E-state index < -0.39 is 0 Å². The predicted molar refractivity (Wildman–Crippen MR) is 134 cm³/mol. The van der Waals surface area contributed by atoms with Crippen LogP contribution in [0.3, 0.4) is 0 Å². The van der Waals surface area contributed by atoms with Crippen LogP contribution in [0, 0.1) is 13.8 Å². The van der Waals surface area contributed by atoms with Gasteiger partial charge in [0.2, 0.25) is 5.91 Å². The summed E-state index contributed by atoms with van der Waals surface area (Å²) < 4.78 is 2.11. The van der Waals surface area contributed by atoms with Crippen LogP contribution in [-0.2, 0) is 4.79 Å². The van der Waals surface area contributed by atoms with Crippen LogP contribution in [0.1, 0.15) is 46.5 Å². The lowest BCUT2D eigenvalue weighted by molar-refractivity contribution is -0.127. The lowest BCUT2D eigenvalue weighted by Crippen LogP contribution is -2.30. The number of pyridine rings is 1. The second-order valence-corrected chi connectivity index (χ2v) is 8.63. The average Bonchev–Trinajstić information content (AvgIpc) is 3.52. The fraction of sp³-hybridized carbons (Fsp3) is 0.222. The van der Waals surface area contributed by atoms with Gasteiger partial charge >= 0.3 is 0 Å². The van der Waals surface area contributed by atoms with Gasteiger partial charge in [0.05, 0.1) is 22.9 Å². The number of aromatic nitrogens is 4. The van der Waals surface area contributed by atoms with Gasteiger partial charge in [-0.2, -0.15) is 0 Å². The standard InChI is InChI=1S/C27H26N6O2/c1-4-23(34)32-15-7-8-21(32)26-31-24(25-18(3)29-16-17(2)33(25)26)19-10-12-20(13-11-19)27(35)30-22-9-5-6-14-28-22/h4-6,9-14,16,21H,1,7-8,15H2,2-3H3,(H,28,30,35). The SMILES string of the molecule is C=CC(=O)N1CCCC1c1nc(-c2ccc(C(=O)Nc3ccccn3)cc2)c2c(C)ncc(C)n12. The summed E-state index contributed by atoms with van der Waals surface area (Å²) >= 11 is 0. The molecule has 1 aliphatic rings. The number of benzene rings is 1. The van der Waals surface area contributed by atoms with Crippen molar-refractivity contribution in [1.29, 1.82) is 0 Å². The molecule has 8 heteroatoms. The summed E-state index contributed by atoms with van der Waals surface area (Å²) in [6, 6.07) is 12.6. The van der Waals surface area contributed by atoms with E-state index in [9.17, 15) is 9.59 Å². The zero-order valence-electron chi connectivity index (χ0n) is 19.7. The van der Waals surface area contributed by atoms with Crippen LogP contribution >= 0.6 is 0 Å². The van der Waals surface area contributed by atoms with Crippen LogP contribution in [-0.4, -0.2) is 42.6 Å². The quantitative estimate of drug-likeness (QED) is 0.437. The monoisotopic (exact) mass is 466 g/mol. The fourth-order valence-corrected chi connectivity index (χ4v) is 4.68. The van der Waals surface area contributed by atoms with Crippen molar-refractivity contribution in [2.75, 3.05) is 11.9 Å². The fourth-order valence-electron chi connectivity index (χ4n) is 4.68. The Bertz CT molecular complexity index is 1430. The number of hydrogen-bond acceptors (Lipinski definition) is 5. The molecule has 0 radical (unpaired) electrons. The van der Waals surface area contributed by atoms with Crippen LogP contribution in [0.2, 0.25) is 0 Å². The number of carbonyl (C=O) groups excluding carboxylic acids is 2. The third-order valence-corrected chi connectivity index (χ3v) is 6.38. The Kier molecular flexibility index (Phi) is 5.86. The number of aryl methyl sites for hydroxylation is 2. The summed E-state index contributed by atoms with van der Waals surface area (Å²) in [5.74, 6) is 1.00. The van der Waals surface area contributed by atoms with Crippen LogP contribution < -0.4 is 5.32 Å². The number of imidazole rings is 1. The average molecular weight is 467 g/mol. The Morgan fingerprint density at radius 3 is 2.63 bits per heavy atom. The maximum Gasteiger partial charge on any atom is 0.256 e. The molecule has 8 nitrogen and oxygen atoms in total. The van der Waals surface area contributed by atoms with E-state index in [4.69, 9.17) is 4.98 Å². The highest BCUT2D eigenvalue weighted by Crippen LogP contribution is 2.36. The van der Waals surface area contributed by atoms with E-state index in [1.807, 2.05) is 43.1 Å². The lowest BCUT2D eigenvalue weighted by atomic mass is 10.1. The molecule has 0 saturated carbocycles. The molecular weight excluding hydrogens is 440 g/mol. The minimum atomic E-state index is -0.233. The number of nitrogens with zero attached hydrogens (tertiary/aromatic N) is 5. The summed E-state index contributed by atoms with van der Waals surface area (Å²) in [5.41, 5.74) is 4.88.